The van der Waals surface area contributed by atoms with Crippen molar-refractivity contribution in [3.63, 3.8) is 0 Å². The molecule has 3 aliphatic rings. The molecule has 3 fully saturated rings. The van der Waals surface area contributed by atoms with Gasteiger partial charge in [-0.15, -0.1) is 0 Å². The average molecular weight is 343 g/mol. The van der Waals surface area contributed by atoms with Crippen LogP contribution in [0.1, 0.15) is 33.6 Å². The van der Waals surface area contributed by atoms with Crippen LogP contribution >= 0.6 is 0 Å². The summed E-state index contributed by atoms with van der Waals surface area (Å²) in [5, 5.41) is 0.527. The van der Waals surface area contributed by atoms with Crippen molar-refractivity contribution in [2.24, 2.45) is 16.7 Å². The van der Waals surface area contributed by atoms with Gasteiger partial charge in [0.1, 0.15) is 11.4 Å². The predicted molar refractivity (Wildman–Crippen MR) is 94.8 cm³/mol. The highest BCUT2D eigenvalue weighted by Gasteiger charge is 2.70. The molecule has 1 saturated heterocycles. The number of ether oxygens (including phenoxy) is 2. The fourth-order valence-corrected chi connectivity index (χ4v) is 7.94. The van der Waals surface area contributed by atoms with Crippen LogP contribution < -0.4 is 0 Å². The molecule has 1 aliphatic heterocycles. The number of carbonyl (C=O) groups excluding carboxylic acids is 1. The molecule has 0 aromatic heterocycles. The van der Waals surface area contributed by atoms with Crippen LogP contribution in [0.2, 0.25) is 0 Å². The van der Waals surface area contributed by atoms with Crippen LogP contribution in [0, 0.1) is 16.7 Å². The molecule has 2 saturated carbocycles. The highest BCUT2D eigenvalue weighted by molar-refractivity contribution is 7.97. The maximum atomic E-state index is 12.6. The molecule has 0 radical (unpaired) electrons. The van der Waals surface area contributed by atoms with Crippen LogP contribution in [0.3, 0.4) is 0 Å². The number of nitrogens with zero attached hydrogens (tertiary/aromatic N) is 1. The molecule has 5 atom stereocenters. The van der Waals surface area contributed by atoms with E-state index in [0.717, 1.165) is 13.1 Å². The number of morpholine rings is 1. The van der Waals surface area contributed by atoms with Gasteiger partial charge in [0.15, 0.2) is 5.75 Å². The van der Waals surface area contributed by atoms with E-state index in [1.807, 2.05) is 12.0 Å². The summed E-state index contributed by atoms with van der Waals surface area (Å²) in [4.78, 5) is 14.6. The van der Waals surface area contributed by atoms with Gasteiger partial charge in [-0.3, -0.25) is 4.79 Å². The van der Waals surface area contributed by atoms with Gasteiger partial charge >= 0.3 is 0 Å². The normalized spacial score (nSPS) is 40.4. The van der Waals surface area contributed by atoms with Crippen molar-refractivity contribution in [2.75, 3.05) is 45.4 Å². The van der Waals surface area contributed by atoms with Gasteiger partial charge in [-0.1, -0.05) is 20.8 Å². The maximum Gasteiger partial charge on any atom is 0.272 e. The van der Waals surface area contributed by atoms with Crippen LogP contribution in [-0.2, 0) is 25.2 Å². The molecule has 3 rings (SSSR count). The summed E-state index contributed by atoms with van der Waals surface area (Å²) in [5.74, 6) is 1.66. The molecule has 1 heterocycles. The SMILES string of the molecule is CO[C@@H]1[C@H]([S+](C)CC(=O)N2CCOCC2)[C@H]2CC[C@]1(C)C2(C)C. The third-order valence-corrected chi connectivity index (χ3v) is 9.34. The minimum Gasteiger partial charge on any atom is -0.378 e. The van der Waals surface area contributed by atoms with Gasteiger partial charge in [-0.25, -0.2) is 0 Å². The van der Waals surface area contributed by atoms with Gasteiger partial charge in [0.05, 0.1) is 19.5 Å². The maximum absolute atomic E-state index is 12.6. The van der Waals surface area contributed by atoms with E-state index in [-0.39, 0.29) is 16.3 Å². The highest BCUT2D eigenvalue weighted by atomic mass is 32.2. The molecule has 0 spiro atoms. The lowest BCUT2D eigenvalue weighted by atomic mass is 9.70. The average Bonchev–Trinajstić information content (AvgIpc) is 2.86. The number of amides is 1. The number of hydrogen-bond acceptors (Lipinski definition) is 3. The standard InChI is InChI=1S/C18H32NO3S/c1-17(2)13-6-7-18(17,3)16(21-4)15(13)23(5)12-14(20)19-8-10-22-11-9-19/h13,15-16H,6-12H2,1-5H3/q+1/t13-,15-,16-,18+,23?/m1/s1. The monoisotopic (exact) mass is 342 g/mol. The molecular weight excluding hydrogens is 310 g/mol. The van der Waals surface area contributed by atoms with Crippen LogP contribution in [0.15, 0.2) is 0 Å². The molecule has 0 N–H and O–H groups in total. The van der Waals surface area contributed by atoms with E-state index in [1.54, 1.807) is 0 Å². The Balaban J connectivity index is 1.72. The molecule has 132 valence electrons. The Labute approximate surface area is 143 Å². The smallest absolute Gasteiger partial charge is 0.272 e. The topological polar surface area (TPSA) is 38.8 Å². The first-order valence-corrected chi connectivity index (χ1v) is 10.7. The highest BCUT2D eigenvalue weighted by Crippen LogP contribution is 2.67. The van der Waals surface area contributed by atoms with Crippen molar-refractivity contribution < 1.29 is 14.3 Å². The van der Waals surface area contributed by atoms with Gasteiger partial charge in [0.2, 0.25) is 0 Å². The molecule has 2 aliphatic carbocycles. The molecular formula is C18H32NO3S+. The van der Waals surface area contributed by atoms with Crippen molar-refractivity contribution in [3.8, 4) is 0 Å². The van der Waals surface area contributed by atoms with Crippen molar-refractivity contribution in [1.82, 2.24) is 4.90 Å². The molecule has 0 aromatic rings. The largest absolute Gasteiger partial charge is 0.378 e. The van der Waals surface area contributed by atoms with E-state index in [9.17, 15) is 4.79 Å². The van der Waals surface area contributed by atoms with Crippen LogP contribution in [0.4, 0.5) is 0 Å². The third-order valence-electron chi connectivity index (χ3n) is 7.13. The van der Waals surface area contributed by atoms with E-state index in [2.05, 4.69) is 27.0 Å². The summed E-state index contributed by atoms with van der Waals surface area (Å²) in [5.41, 5.74) is 0.558. The van der Waals surface area contributed by atoms with Gasteiger partial charge in [-0.05, 0) is 29.2 Å². The lowest BCUT2D eigenvalue weighted by molar-refractivity contribution is -0.132. The van der Waals surface area contributed by atoms with Gasteiger partial charge in [0.25, 0.3) is 5.91 Å². The van der Waals surface area contributed by atoms with Crippen molar-refractivity contribution in [3.05, 3.63) is 0 Å². The number of methoxy groups -OCH3 is 1. The minimum absolute atomic E-state index is 0.0639. The third kappa shape index (κ3) is 2.63. The summed E-state index contributed by atoms with van der Waals surface area (Å²) < 4.78 is 11.4. The lowest BCUT2D eigenvalue weighted by Gasteiger charge is -2.38. The predicted octanol–water partition coefficient (Wildman–Crippen LogP) is 1.93. The molecule has 4 nitrogen and oxygen atoms in total. The second-order valence-corrected chi connectivity index (χ2v) is 10.4. The Morgan fingerprint density at radius 2 is 1.96 bits per heavy atom. The summed E-state index contributed by atoms with van der Waals surface area (Å²) >= 11 is 0. The summed E-state index contributed by atoms with van der Waals surface area (Å²) in [6.07, 6.45) is 5.13. The quantitative estimate of drug-likeness (QED) is 0.733. The Bertz CT molecular complexity index is 463. The van der Waals surface area contributed by atoms with Crippen LogP contribution in [0.5, 0.6) is 0 Å². The first-order chi connectivity index (χ1) is 10.8. The molecule has 1 amide bonds. The zero-order chi connectivity index (χ0) is 16.8. The molecule has 1 unspecified atom stereocenters. The van der Waals surface area contributed by atoms with Gasteiger partial charge < -0.3 is 14.4 Å². The Hall–Kier alpha value is -0.260. The summed E-state index contributed by atoms with van der Waals surface area (Å²) in [7, 11) is 1.93. The zero-order valence-corrected chi connectivity index (χ0v) is 16.1. The second kappa shape index (κ2) is 6.23. The second-order valence-electron chi connectivity index (χ2n) is 8.23. The fraction of sp³-hybridized carbons (Fsp3) is 0.944. The van der Waals surface area contributed by atoms with E-state index in [0.29, 0.717) is 47.6 Å². The summed E-state index contributed by atoms with van der Waals surface area (Å²) in [6.45, 7) is 10.1. The Morgan fingerprint density at radius 3 is 2.57 bits per heavy atom. The number of carbonyl (C=O) groups is 1. The van der Waals surface area contributed by atoms with Gasteiger partial charge in [0, 0.05) is 31.5 Å². The van der Waals surface area contributed by atoms with E-state index >= 15 is 0 Å². The first kappa shape index (κ1) is 17.6. The molecule has 5 heteroatoms. The number of fused-ring (bicyclic) bond motifs is 2. The van der Waals surface area contributed by atoms with E-state index in [4.69, 9.17) is 9.47 Å². The van der Waals surface area contributed by atoms with Crippen LogP contribution in [-0.4, -0.2) is 67.6 Å². The lowest BCUT2D eigenvalue weighted by Crippen LogP contribution is -2.49. The van der Waals surface area contributed by atoms with E-state index < -0.39 is 0 Å². The minimum atomic E-state index is 0.0639. The molecule has 0 aromatic carbocycles. The molecule has 23 heavy (non-hydrogen) atoms. The Kier molecular flexibility index (Phi) is 4.76. The van der Waals surface area contributed by atoms with E-state index in [1.165, 1.54) is 12.8 Å². The Morgan fingerprint density at radius 1 is 1.30 bits per heavy atom. The summed E-state index contributed by atoms with van der Waals surface area (Å²) in [6, 6.07) is 0. The van der Waals surface area contributed by atoms with Gasteiger partial charge in [-0.2, -0.15) is 0 Å². The number of rotatable bonds is 4. The molecule has 2 bridgehead atoms. The fourth-order valence-electron chi connectivity index (χ4n) is 5.30. The number of hydrogen-bond donors (Lipinski definition) is 0. The van der Waals surface area contributed by atoms with Crippen molar-refractivity contribution >= 4 is 16.8 Å². The van der Waals surface area contributed by atoms with Crippen molar-refractivity contribution in [2.45, 2.75) is 45.0 Å². The van der Waals surface area contributed by atoms with Crippen molar-refractivity contribution in [1.29, 1.82) is 0 Å². The zero-order valence-electron chi connectivity index (χ0n) is 15.3. The van der Waals surface area contributed by atoms with Crippen LogP contribution in [0.25, 0.3) is 0 Å². The first-order valence-electron chi connectivity index (χ1n) is 8.82.